The lowest BCUT2D eigenvalue weighted by atomic mass is 10.0. The molecule has 5 atom stereocenters. The highest BCUT2D eigenvalue weighted by Crippen LogP contribution is 2.46. The van der Waals surface area contributed by atoms with Gasteiger partial charge < -0.3 is 25.0 Å². The lowest BCUT2D eigenvalue weighted by molar-refractivity contribution is -0.141. The Kier molecular flexibility index (Phi) is 11.5. The molecule has 5 heterocycles. The summed E-state index contributed by atoms with van der Waals surface area (Å²) in [5.41, 5.74) is 0.211. The van der Waals surface area contributed by atoms with E-state index in [9.17, 15) is 27.6 Å². The molecule has 5 aromatic rings. The van der Waals surface area contributed by atoms with E-state index in [0.29, 0.717) is 36.0 Å². The molecule has 2 aromatic carbocycles. The summed E-state index contributed by atoms with van der Waals surface area (Å²) in [5, 5.41) is 8.41. The highest BCUT2D eigenvalue weighted by atomic mass is 32.2. The molecule has 3 N–H and O–H groups in total. The molecule has 3 aromatic heterocycles. The zero-order chi connectivity index (χ0) is 42.1. The fourth-order valence-corrected chi connectivity index (χ4v) is 11.8. The van der Waals surface area contributed by atoms with Gasteiger partial charge in [-0.25, -0.2) is 27.9 Å². The Morgan fingerprint density at radius 1 is 0.902 bits per heavy atom. The van der Waals surface area contributed by atoms with Gasteiger partial charge in [-0.2, -0.15) is 0 Å². The van der Waals surface area contributed by atoms with Crippen molar-refractivity contribution in [1.29, 1.82) is 0 Å². The van der Waals surface area contributed by atoms with Crippen molar-refractivity contribution in [3.8, 4) is 16.5 Å². The van der Waals surface area contributed by atoms with Crippen molar-refractivity contribution in [3.63, 3.8) is 0 Å². The largest absolute Gasteiger partial charge is 0.471 e. The number of nitrogens with zero attached hydrogens (tertiary/aromatic N) is 3. The van der Waals surface area contributed by atoms with E-state index in [4.69, 9.17) is 19.4 Å². The molecule has 17 heteroatoms. The van der Waals surface area contributed by atoms with Crippen LogP contribution in [-0.2, 0) is 29.1 Å². The Morgan fingerprint density at radius 3 is 2.46 bits per heavy atom. The maximum atomic E-state index is 14.8. The first kappa shape index (κ1) is 41.0. The molecular formula is C44H46N6O8S3. The maximum absolute atomic E-state index is 14.8. The van der Waals surface area contributed by atoms with Crippen molar-refractivity contribution in [3.05, 3.63) is 84.3 Å². The molecule has 14 nitrogen and oxygen atoms in total. The highest BCUT2D eigenvalue weighted by molar-refractivity contribution is 7.92. The molecule has 2 aliphatic heterocycles. The van der Waals surface area contributed by atoms with E-state index in [2.05, 4.69) is 15.4 Å². The Bertz CT molecular complexity index is 2580. The first-order valence-corrected chi connectivity index (χ1v) is 24.0. The molecule has 0 spiro atoms. The molecule has 1 saturated heterocycles. The number of fused-ring (bicyclic) bond motifs is 4. The molecule has 1 unspecified atom stereocenters. The van der Waals surface area contributed by atoms with Gasteiger partial charge in [0.05, 0.1) is 22.5 Å². The lowest BCUT2D eigenvalue weighted by Crippen LogP contribution is -2.58. The summed E-state index contributed by atoms with van der Waals surface area (Å²) in [7, 11) is -4.31. The summed E-state index contributed by atoms with van der Waals surface area (Å²) in [4.78, 5) is 68.9. The molecular weight excluding hydrogens is 837 g/mol. The number of ether oxygens (including phenoxy) is 2. The van der Waals surface area contributed by atoms with Crippen molar-refractivity contribution in [2.45, 2.75) is 105 Å². The van der Waals surface area contributed by atoms with Gasteiger partial charge in [-0.05, 0) is 92.5 Å². The first-order chi connectivity index (χ1) is 29.6. The number of amides is 4. The van der Waals surface area contributed by atoms with Gasteiger partial charge in [-0.15, -0.1) is 22.7 Å². The third-order valence-electron chi connectivity index (χ3n) is 12.0. The SMILES string of the molecule is O=C(N[C@@H]1CCCCC/C=C/C2C[C@@]2(C(=O)NS(=O)(=O)c2cc3ccccc3s2)NC(=O)[C@@H]2C[C@@H](Oc3nc4ccccc4nc3-c3cccs3)CN2C1=O)OC1CCCC1. The molecule has 0 bridgehead atoms. The van der Waals surface area contributed by atoms with Crippen molar-refractivity contribution < 1.29 is 37.1 Å². The number of carbonyl (C=O) groups excluding carboxylic acids is 4. The van der Waals surface area contributed by atoms with Crippen LogP contribution in [0.15, 0.2) is 88.5 Å². The summed E-state index contributed by atoms with van der Waals surface area (Å²) >= 11 is 2.52. The second-order valence-corrected chi connectivity index (χ2v) is 20.2. The number of hydrogen-bond donors (Lipinski definition) is 3. The number of nitrogens with one attached hydrogen (secondary N) is 3. The maximum Gasteiger partial charge on any atom is 0.408 e. The van der Waals surface area contributed by atoms with Crippen molar-refractivity contribution >= 4 is 77.6 Å². The minimum absolute atomic E-state index is 0.0213. The molecule has 318 valence electrons. The van der Waals surface area contributed by atoms with Crippen LogP contribution < -0.4 is 20.1 Å². The number of aromatic nitrogens is 2. The van der Waals surface area contributed by atoms with Crippen molar-refractivity contribution in [2.24, 2.45) is 5.92 Å². The molecule has 4 amide bonds. The smallest absolute Gasteiger partial charge is 0.408 e. The fourth-order valence-electron chi connectivity index (χ4n) is 8.65. The normalized spacial score (nSPS) is 25.5. The van der Waals surface area contributed by atoms with Gasteiger partial charge in [0.15, 0.2) is 0 Å². The molecule has 9 rings (SSSR count). The summed E-state index contributed by atoms with van der Waals surface area (Å²) in [6, 6.07) is 17.8. The van der Waals surface area contributed by atoms with Crippen LogP contribution in [0.25, 0.3) is 31.7 Å². The van der Waals surface area contributed by atoms with E-state index in [1.165, 1.54) is 22.3 Å². The molecule has 2 aliphatic carbocycles. The van der Waals surface area contributed by atoms with Gasteiger partial charge in [0.25, 0.3) is 15.9 Å². The number of para-hydroxylation sites is 2. The van der Waals surface area contributed by atoms with E-state index in [-0.39, 0.29) is 35.6 Å². The Hall–Kier alpha value is -5.39. The molecule has 3 fully saturated rings. The predicted octanol–water partition coefficient (Wildman–Crippen LogP) is 6.86. The van der Waals surface area contributed by atoms with Gasteiger partial charge >= 0.3 is 6.09 Å². The zero-order valence-corrected chi connectivity index (χ0v) is 35.7. The Morgan fingerprint density at radius 2 is 1.67 bits per heavy atom. The summed E-state index contributed by atoms with van der Waals surface area (Å²) in [6.45, 7) is -0.0337. The Balaban J connectivity index is 1.02. The van der Waals surface area contributed by atoms with Crippen LogP contribution >= 0.6 is 22.7 Å². The van der Waals surface area contributed by atoms with Crippen LogP contribution in [0.2, 0.25) is 0 Å². The predicted molar refractivity (Wildman–Crippen MR) is 231 cm³/mol. The quantitative estimate of drug-likeness (QED) is 0.139. The standard InChI is InChI=1S/C44H46N6O8S3/c51-39-34-24-30(57-40-38(36-21-12-22-59-36)45-31-17-9-10-18-32(31)46-40)26-50(34)41(52)33(47-43(54)58-29-15-7-8-16-29)19-5-3-1-2-4-14-28-25-44(28,48-39)42(53)49-61(55,56)37-23-27-13-6-11-20-35(27)60-37/h4,6,9-14,17-18,20-23,28-30,33-34H,1-3,5,7-8,15-16,19,24-26H2,(H,47,54)(H,48,51)(H,49,53)/b14-4+/t28?,30-,33-,34+,44-/m1/s1. The van der Waals surface area contributed by atoms with Gasteiger partial charge in [-0.3, -0.25) is 14.4 Å². The number of thiophene rings is 2. The molecule has 61 heavy (non-hydrogen) atoms. The molecule has 0 radical (unpaired) electrons. The second kappa shape index (κ2) is 17.2. The first-order valence-electron chi connectivity index (χ1n) is 20.9. The van der Waals surface area contributed by atoms with Crippen molar-refractivity contribution in [2.75, 3.05) is 6.54 Å². The van der Waals surface area contributed by atoms with Gasteiger partial charge in [0.1, 0.15) is 39.7 Å². The van der Waals surface area contributed by atoms with Crippen LogP contribution in [0.5, 0.6) is 5.88 Å². The average molecular weight is 883 g/mol. The monoisotopic (exact) mass is 882 g/mol. The lowest BCUT2D eigenvalue weighted by Gasteiger charge is -2.30. The number of alkyl carbamates (subject to hydrolysis) is 1. The minimum atomic E-state index is -4.31. The number of rotatable bonds is 8. The van der Waals surface area contributed by atoms with Crippen LogP contribution in [0.4, 0.5) is 4.79 Å². The zero-order valence-electron chi connectivity index (χ0n) is 33.3. The fraction of sp³-hybridized carbons (Fsp3) is 0.409. The number of hydrogen-bond acceptors (Lipinski definition) is 12. The van der Waals surface area contributed by atoms with Crippen LogP contribution in [0.3, 0.4) is 0 Å². The third-order valence-corrected chi connectivity index (χ3v) is 15.8. The summed E-state index contributed by atoms with van der Waals surface area (Å²) in [5.74, 6) is -2.23. The topological polar surface area (TPSA) is 186 Å². The summed E-state index contributed by atoms with van der Waals surface area (Å²) in [6.07, 6.45) is 8.99. The second-order valence-electron chi connectivity index (χ2n) is 16.2. The van der Waals surface area contributed by atoms with Crippen LogP contribution in [0.1, 0.15) is 70.6 Å². The van der Waals surface area contributed by atoms with E-state index >= 15 is 0 Å². The van der Waals surface area contributed by atoms with Gasteiger partial charge in [0, 0.05) is 17.0 Å². The van der Waals surface area contributed by atoms with Crippen molar-refractivity contribution in [1.82, 2.24) is 30.2 Å². The van der Waals surface area contributed by atoms with Gasteiger partial charge in [-0.1, -0.05) is 61.4 Å². The van der Waals surface area contributed by atoms with Crippen LogP contribution in [0, 0.1) is 5.92 Å². The Labute approximate surface area is 361 Å². The number of carbonyl (C=O) groups is 4. The summed E-state index contributed by atoms with van der Waals surface area (Å²) < 4.78 is 42.7. The number of allylic oxidation sites excluding steroid dienone is 1. The number of benzene rings is 2. The molecule has 2 saturated carbocycles. The van der Waals surface area contributed by atoms with Gasteiger partial charge in [0.2, 0.25) is 17.7 Å². The van der Waals surface area contributed by atoms with E-state index in [1.54, 1.807) is 12.1 Å². The third kappa shape index (κ3) is 8.73. The van der Waals surface area contributed by atoms with E-state index in [1.807, 2.05) is 66.1 Å². The van der Waals surface area contributed by atoms with E-state index in [0.717, 1.165) is 64.8 Å². The minimum Gasteiger partial charge on any atom is -0.471 e. The average Bonchev–Trinajstić information content (AvgIpc) is 3.90. The van der Waals surface area contributed by atoms with Crippen LogP contribution in [-0.4, -0.2) is 83.5 Å². The highest BCUT2D eigenvalue weighted by Gasteiger charge is 2.62. The number of sulfonamides is 1. The van der Waals surface area contributed by atoms with E-state index < -0.39 is 63.5 Å². The molecule has 4 aliphatic rings.